The number of halogens is 3. The lowest BCUT2D eigenvalue weighted by Crippen LogP contribution is -2.35. The summed E-state index contributed by atoms with van der Waals surface area (Å²) in [6.45, 7) is -0.740. The molecule has 0 aliphatic heterocycles. The van der Waals surface area contributed by atoms with E-state index in [0.29, 0.717) is 0 Å². The second-order valence-electron chi connectivity index (χ2n) is 3.91. The highest BCUT2D eigenvalue weighted by Gasteiger charge is 2.38. The molecule has 0 unspecified atom stereocenters. The zero-order chi connectivity index (χ0) is 20.9. The Kier molecular flexibility index (Phi) is 11.8. The predicted octanol–water partition coefficient (Wildman–Crippen LogP) is -0.805. The third-order valence-corrected chi connectivity index (χ3v) is 1.90. The Balaban J connectivity index is 0. The number of methoxy groups -OCH3 is 1. The van der Waals surface area contributed by atoms with Gasteiger partial charge in [0.2, 0.25) is 6.79 Å². The number of rotatable bonds is 7. The van der Waals surface area contributed by atoms with Crippen LogP contribution in [0, 0.1) is 0 Å². The molecule has 14 heteroatoms. The van der Waals surface area contributed by atoms with Crippen molar-refractivity contribution < 1.29 is 61.6 Å². The van der Waals surface area contributed by atoms with Crippen LogP contribution in [0.15, 0.2) is 12.2 Å². The van der Waals surface area contributed by atoms with Crippen LogP contribution >= 0.6 is 0 Å². The lowest BCUT2D eigenvalue weighted by atomic mass is 10.2. The number of aliphatic carboxylic acids is 2. The normalized spacial score (nSPS) is 11.6. The van der Waals surface area contributed by atoms with Crippen molar-refractivity contribution in [3.63, 3.8) is 0 Å². The maximum Gasteiger partial charge on any atom is 0.490 e. The summed E-state index contributed by atoms with van der Waals surface area (Å²) in [5, 5.41) is 15.5. The van der Waals surface area contributed by atoms with E-state index in [1.165, 1.54) is 0 Å². The van der Waals surface area contributed by atoms with Crippen LogP contribution in [0.4, 0.5) is 13.2 Å². The molecule has 0 amide bonds. The Morgan fingerprint density at radius 1 is 1.04 bits per heavy atom. The van der Waals surface area contributed by atoms with Crippen LogP contribution in [0.2, 0.25) is 0 Å². The molecule has 26 heavy (non-hydrogen) atoms. The lowest BCUT2D eigenvalue weighted by Gasteiger charge is -2.08. The van der Waals surface area contributed by atoms with Crippen molar-refractivity contribution in [1.82, 2.24) is 0 Å². The fraction of sp³-hybridized carbons (Fsp3) is 0.417. The first-order valence-corrected chi connectivity index (χ1v) is 6.18. The Labute approximate surface area is 143 Å². The number of ether oxygens (including phenoxy) is 3. The van der Waals surface area contributed by atoms with Crippen molar-refractivity contribution in [2.24, 2.45) is 5.73 Å². The monoisotopic (exact) mass is 389 g/mol. The van der Waals surface area contributed by atoms with Crippen molar-refractivity contribution >= 4 is 29.8 Å². The molecule has 0 aromatic heterocycles. The lowest BCUT2D eigenvalue weighted by molar-refractivity contribution is -0.192. The number of alkyl halides is 3. The standard InChI is InChI=1S/C10H13NO8.C2HF3O2/c1-17-8(14)2-3-9(15)18-5-19-10(16)6(11)4-7(12)13;3-2(4,5)1(6)7/h2-3,6H,4-5,11H2,1H3,(H,12,13);(H,6,7)/b3-2+;/t6-;/m0./s1. The van der Waals surface area contributed by atoms with Gasteiger partial charge in [-0.3, -0.25) is 9.59 Å². The summed E-state index contributed by atoms with van der Waals surface area (Å²) in [5.41, 5.74) is 5.18. The van der Waals surface area contributed by atoms with Crippen molar-refractivity contribution in [3.8, 4) is 0 Å². The molecule has 0 heterocycles. The fourth-order valence-corrected chi connectivity index (χ4v) is 0.776. The smallest absolute Gasteiger partial charge is 0.481 e. The maximum atomic E-state index is 11.1. The molecule has 0 saturated carbocycles. The quantitative estimate of drug-likeness (QED) is 0.282. The van der Waals surface area contributed by atoms with Gasteiger partial charge < -0.3 is 30.2 Å². The highest BCUT2D eigenvalue weighted by Crippen LogP contribution is 2.13. The first kappa shape index (κ1) is 25.1. The summed E-state index contributed by atoms with van der Waals surface area (Å²) in [7, 11) is 1.13. The number of esters is 3. The first-order chi connectivity index (χ1) is 11.8. The van der Waals surface area contributed by atoms with Crippen LogP contribution < -0.4 is 5.73 Å². The minimum absolute atomic E-state index is 0.602. The summed E-state index contributed by atoms with van der Waals surface area (Å²) in [6.07, 6.45) is -4.09. The SMILES string of the molecule is COC(=O)/C=C/C(=O)OCOC(=O)[C@@H](N)CC(=O)O.O=C(O)C(F)(F)F. The van der Waals surface area contributed by atoms with Crippen molar-refractivity contribution in [3.05, 3.63) is 12.2 Å². The van der Waals surface area contributed by atoms with Crippen LogP contribution in [0.25, 0.3) is 0 Å². The second kappa shape index (κ2) is 12.2. The first-order valence-electron chi connectivity index (χ1n) is 6.18. The van der Waals surface area contributed by atoms with Crippen LogP contribution in [-0.2, 0) is 38.2 Å². The molecule has 0 aliphatic rings. The zero-order valence-corrected chi connectivity index (χ0v) is 13.0. The summed E-state index contributed by atoms with van der Waals surface area (Å²) in [6, 6.07) is -1.35. The van der Waals surface area contributed by atoms with E-state index in [4.69, 9.17) is 20.7 Å². The van der Waals surface area contributed by atoms with Gasteiger partial charge in [0.15, 0.2) is 0 Å². The Bertz CT molecular complexity index is 558. The third-order valence-electron chi connectivity index (χ3n) is 1.90. The molecular weight excluding hydrogens is 375 g/mol. The number of carbonyl (C=O) groups excluding carboxylic acids is 3. The van der Waals surface area contributed by atoms with E-state index in [-0.39, 0.29) is 0 Å². The molecule has 0 aromatic rings. The molecule has 11 nitrogen and oxygen atoms in total. The Morgan fingerprint density at radius 2 is 1.50 bits per heavy atom. The van der Waals surface area contributed by atoms with Crippen LogP contribution in [0.1, 0.15) is 6.42 Å². The van der Waals surface area contributed by atoms with E-state index in [1.807, 2.05) is 0 Å². The topological polar surface area (TPSA) is 180 Å². The second-order valence-corrected chi connectivity index (χ2v) is 3.91. The molecule has 0 aromatic carbocycles. The minimum Gasteiger partial charge on any atom is -0.481 e. The number of nitrogens with two attached hydrogens (primary N) is 1. The molecule has 1 atom stereocenters. The number of hydrogen-bond acceptors (Lipinski definition) is 9. The molecule has 0 bridgehead atoms. The van der Waals surface area contributed by atoms with Gasteiger partial charge in [-0.05, 0) is 0 Å². The van der Waals surface area contributed by atoms with Crippen molar-refractivity contribution in [1.29, 1.82) is 0 Å². The highest BCUT2D eigenvalue weighted by molar-refractivity contribution is 5.91. The largest absolute Gasteiger partial charge is 0.490 e. The Hall–Kier alpha value is -3.16. The summed E-state index contributed by atoms with van der Waals surface area (Å²) in [5.74, 6) is -6.73. The number of hydrogen-bond donors (Lipinski definition) is 3. The van der Waals surface area contributed by atoms with Gasteiger partial charge in [-0.15, -0.1) is 0 Å². The van der Waals surface area contributed by atoms with E-state index in [1.54, 1.807) is 0 Å². The number of carbonyl (C=O) groups is 5. The molecule has 0 fully saturated rings. The van der Waals surface area contributed by atoms with E-state index in [2.05, 4.69) is 14.2 Å². The summed E-state index contributed by atoms with van der Waals surface area (Å²) in [4.78, 5) is 51.8. The maximum absolute atomic E-state index is 11.1. The zero-order valence-electron chi connectivity index (χ0n) is 13.0. The van der Waals surface area contributed by atoms with Crippen molar-refractivity contribution in [2.45, 2.75) is 18.6 Å². The minimum atomic E-state index is -5.08. The van der Waals surface area contributed by atoms with Crippen LogP contribution in [-0.4, -0.2) is 66.2 Å². The van der Waals surface area contributed by atoms with E-state index >= 15 is 0 Å². The summed E-state index contributed by atoms with van der Waals surface area (Å²) < 4.78 is 44.7. The molecule has 148 valence electrons. The fourth-order valence-electron chi connectivity index (χ4n) is 0.776. The van der Waals surface area contributed by atoms with Gasteiger partial charge in [-0.1, -0.05) is 0 Å². The van der Waals surface area contributed by atoms with Gasteiger partial charge in [0.05, 0.1) is 13.5 Å². The van der Waals surface area contributed by atoms with Crippen molar-refractivity contribution in [2.75, 3.05) is 13.9 Å². The molecule has 4 N–H and O–H groups in total. The third kappa shape index (κ3) is 14.4. The molecular formula is C12H14F3NO10. The van der Waals surface area contributed by atoms with Gasteiger partial charge >= 0.3 is 36.0 Å². The van der Waals surface area contributed by atoms with Gasteiger partial charge in [-0.2, -0.15) is 13.2 Å². The average Bonchev–Trinajstić information content (AvgIpc) is 2.51. The van der Waals surface area contributed by atoms with Gasteiger partial charge in [0, 0.05) is 12.2 Å². The van der Waals surface area contributed by atoms with E-state index in [9.17, 15) is 32.3 Å². The van der Waals surface area contributed by atoms with Crippen LogP contribution in [0.5, 0.6) is 0 Å². The molecule has 0 saturated heterocycles. The highest BCUT2D eigenvalue weighted by atomic mass is 19.4. The molecule has 0 spiro atoms. The predicted molar refractivity (Wildman–Crippen MR) is 72.1 cm³/mol. The van der Waals surface area contributed by atoms with Gasteiger partial charge in [0.1, 0.15) is 6.04 Å². The van der Waals surface area contributed by atoms with Crippen LogP contribution in [0.3, 0.4) is 0 Å². The molecule has 0 radical (unpaired) electrons. The average molecular weight is 389 g/mol. The van der Waals surface area contributed by atoms with Gasteiger partial charge in [0.25, 0.3) is 0 Å². The Morgan fingerprint density at radius 3 is 1.88 bits per heavy atom. The van der Waals surface area contributed by atoms with Gasteiger partial charge in [-0.25, -0.2) is 14.4 Å². The molecule has 0 rings (SSSR count). The van der Waals surface area contributed by atoms with E-state index < -0.39 is 55.3 Å². The summed E-state index contributed by atoms with van der Waals surface area (Å²) >= 11 is 0. The molecule has 0 aliphatic carbocycles. The number of carboxylic acids is 2. The number of carboxylic acid groups (broad SMARTS) is 2. The van der Waals surface area contributed by atoms with E-state index in [0.717, 1.165) is 19.3 Å².